The van der Waals surface area contributed by atoms with Crippen LogP contribution in [0.25, 0.3) is 17.1 Å². The number of hydrogen-bond donors (Lipinski definition) is 1. The van der Waals surface area contributed by atoms with E-state index in [1.54, 1.807) is 30.3 Å². The molecule has 0 aliphatic carbocycles. The van der Waals surface area contributed by atoms with E-state index in [4.69, 9.17) is 21.1 Å². The van der Waals surface area contributed by atoms with Crippen LogP contribution in [0, 0.1) is 6.92 Å². The highest BCUT2D eigenvalue weighted by Crippen LogP contribution is 2.29. The predicted octanol–water partition coefficient (Wildman–Crippen LogP) is 5.07. The summed E-state index contributed by atoms with van der Waals surface area (Å²) in [5.74, 6) is 0.611. The molecule has 4 aromatic rings. The standard InChI is InChI=1S/C27H24ClN5O4S/c1-17-4-7-20(8-5-17)26-31-32-27(33(26)22-11-9-21(28)10-12-22)38-16-25(35)30-29-15-19-6-13-23(37-18(2)34)24(14-19)36-3/h4-15H,16H2,1-3H3,(H,30,35)/b29-15+. The fourth-order valence-corrected chi connectivity index (χ4v) is 4.29. The minimum atomic E-state index is -0.452. The normalized spacial score (nSPS) is 10.9. The smallest absolute Gasteiger partial charge is 0.308 e. The Morgan fingerprint density at radius 2 is 1.79 bits per heavy atom. The van der Waals surface area contributed by atoms with Crippen LogP contribution >= 0.6 is 23.4 Å². The average molecular weight is 550 g/mol. The first-order valence-corrected chi connectivity index (χ1v) is 12.8. The highest BCUT2D eigenvalue weighted by Gasteiger charge is 2.17. The van der Waals surface area contributed by atoms with Gasteiger partial charge in [0.05, 0.1) is 19.1 Å². The molecule has 38 heavy (non-hydrogen) atoms. The monoisotopic (exact) mass is 549 g/mol. The van der Waals surface area contributed by atoms with Crippen molar-refractivity contribution in [2.75, 3.05) is 12.9 Å². The fourth-order valence-electron chi connectivity index (χ4n) is 3.42. The molecule has 0 fully saturated rings. The molecule has 9 nitrogen and oxygen atoms in total. The van der Waals surface area contributed by atoms with Crippen LogP contribution in [0.2, 0.25) is 5.02 Å². The van der Waals surface area contributed by atoms with Gasteiger partial charge in [0.15, 0.2) is 22.5 Å². The summed E-state index contributed by atoms with van der Waals surface area (Å²) >= 11 is 7.32. The first-order valence-electron chi connectivity index (χ1n) is 11.4. The van der Waals surface area contributed by atoms with E-state index < -0.39 is 5.97 Å². The lowest BCUT2D eigenvalue weighted by atomic mass is 10.1. The minimum Gasteiger partial charge on any atom is -0.493 e. The first-order chi connectivity index (χ1) is 18.3. The summed E-state index contributed by atoms with van der Waals surface area (Å²) in [6, 6.07) is 20.2. The number of halogens is 1. The number of esters is 1. The van der Waals surface area contributed by atoms with Crippen molar-refractivity contribution in [3.8, 4) is 28.6 Å². The van der Waals surface area contributed by atoms with E-state index >= 15 is 0 Å². The number of carbonyl (C=O) groups is 2. The number of ether oxygens (including phenoxy) is 2. The largest absolute Gasteiger partial charge is 0.493 e. The van der Waals surface area contributed by atoms with Crippen molar-refractivity contribution in [3.05, 3.63) is 82.9 Å². The third kappa shape index (κ3) is 6.78. The summed E-state index contributed by atoms with van der Waals surface area (Å²) in [6.45, 7) is 3.33. The molecule has 0 aliphatic rings. The Labute approximate surface area is 228 Å². The van der Waals surface area contributed by atoms with Crippen LogP contribution in [0.1, 0.15) is 18.1 Å². The van der Waals surface area contributed by atoms with Crippen molar-refractivity contribution >= 4 is 41.5 Å². The van der Waals surface area contributed by atoms with E-state index in [1.807, 2.05) is 47.9 Å². The van der Waals surface area contributed by atoms with Crippen molar-refractivity contribution in [1.82, 2.24) is 20.2 Å². The minimum absolute atomic E-state index is 0.0612. The van der Waals surface area contributed by atoms with Gasteiger partial charge in [-0.15, -0.1) is 10.2 Å². The molecule has 0 spiro atoms. The van der Waals surface area contributed by atoms with Gasteiger partial charge < -0.3 is 9.47 Å². The third-order valence-electron chi connectivity index (χ3n) is 5.20. The molecule has 0 atom stereocenters. The molecule has 1 amide bonds. The number of rotatable bonds is 9. The number of nitrogens with one attached hydrogen (secondary N) is 1. The Hall–Kier alpha value is -4.15. The highest BCUT2D eigenvalue weighted by molar-refractivity contribution is 7.99. The molecule has 0 saturated heterocycles. The van der Waals surface area contributed by atoms with Gasteiger partial charge in [-0.05, 0) is 55.0 Å². The van der Waals surface area contributed by atoms with Gasteiger partial charge in [-0.3, -0.25) is 14.2 Å². The predicted molar refractivity (Wildman–Crippen MR) is 147 cm³/mol. The van der Waals surface area contributed by atoms with Gasteiger partial charge in [-0.25, -0.2) is 5.43 Å². The molecule has 194 valence electrons. The van der Waals surface area contributed by atoms with Gasteiger partial charge in [0.2, 0.25) is 0 Å². The third-order valence-corrected chi connectivity index (χ3v) is 6.39. The lowest BCUT2D eigenvalue weighted by Gasteiger charge is -2.10. The van der Waals surface area contributed by atoms with E-state index in [0.29, 0.717) is 33.1 Å². The summed E-state index contributed by atoms with van der Waals surface area (Å²) in [4.78, 5) is 23.7. The molecule has 0 saturated carbocycles. The van der Waals surface area contributed by atoms with Gasteiger partial charge in [-0.1, -0.05) is 53.2 Å². The van der Waals surface area contributed by atoms with E-state index in [1.165, 1.54) is 32.0 Å². The van der Waals surface area contributed by atoms with Gasteiger partial charge in [0, 0.05) is 23.2 Å². The Balaban J connectivity index is 1.46. The number of nitrogens with zero attached hydrogens (tertiary/aromatic N) is 4. The Morgan fingerprint density at radius 3 is 2.47 bits per heavy atom. The number of aromatic nitrogens is 3. The Bertz CT molecular complexity index is 1470. The van der Waals surface area contributed by atoms with E-state index in [-0.39, 0.29) is 11.7 Å². The maximum absolute atomic E-state index is 12.5. The molecule has 1 N–H and O–H groups in total. The van der Waals surface area contributed by atoms with E-state index in [0.717, 1.165) is 16.8 Å². The van der Waals surface area contributed by atoms with Gasteiger partial charge in [0.1, 0.15) is 0 Å². The summed E-state index contributed by atoms with van der Waals surface area (Å²) in [5.41, 5.74) is 6.01. The second-order valence-corrected chi connectivity index (χ2v) is 9.45. The zero-order chi connectivity index (χ0) is 27.1. The van der Waals surface area contributed by atoms with Crippen LogP contribution < -0.4 is 14.9 Å². The number of hydrazone groups is 1. The van der Waals surface area contributed by atoms with Crippen molar-refractivity contribution in [2.45, 2.75) is 19.0 Å². The van der Waals surface area contributed by atoms with Crippen LogP contribution in [0.3, 0.4) is 0 Å². The quantitative estimate of drug-likeness (QED) is 0.102. The number of amides is 1. The number of carbonyl (C=O) groups excluding carboxylic acids is 2. The maximum Gasteiger partial charge on any atom is 0.308 e. The van der Waals surface area contributed by atoms with Gasteiger partial charge >= 0.3 is 5.97 Å². The maximum atomic E-state index is 12.5. The number of thioether (sulfide) groups is 1. The molecule has 1 heterocycles. The lowest BCUT2D eigenvalue weighted by Crippen LogP contribution is -2.20. The molecule has 11 heteroatoms. The fraction of sp³-hybridized carbons (Fsp3) is 0.148. The number of aryl methyl sites for hydroxylation is 1. The molecule has 1 aromatic heterocycles. The lowest BCUT2D eigenvalue weighted by molar-refractivity contribution is -0.132. The summed E-state index contributed by atoms with van der Waals surface area (Å²) in [5, 5.41) is 13.9. The Kier molecular flexibility index (Phi) is 8.77. The average Bonchev–Trinajstić information content (AvgIpc) is 3.32. The number of hydrogen-bond acceptors (Lipinski definition) is 8. The number of methoxy groups -OCH3 is 1. The van der Waals surface area contributed by atoms with Crippen molar-refractivity contribution in [2.24, 2.45) is 5.10 Å². The van der Waals surface area contributed by atoms with E-state index in [2.05, 4.69) is 20.7 Å². The van der Waals surface area contributed by atoms with Crippen molar-refractivity contribution in [3.63, 3.8) is 0 Å². The van der Waals surface area contributed by atoms with Crippen LogP contribution in [-0.4, -0.2) is 45.7 Å². The molecule has 3 aromatic carbocycles. The first kappa shape index (κ1) is 26.9. The van der Waals surface area contributed by atoms with Gasteiger partial charge in [0.25, 0.3) is 5.91 Å². The summed E-state index contributed by atoms with van der Waals surface area (Å²) in [6.07, 6.45) is 1.47. The molecule has 0 radical (unpaired) electrons. The van der Waals surface area contributed by atoms with Crippen LogP contribution in [0.4, 0.5) is 0 Å². The second kappa shape index (κ2) is 12.4. The van der Waals surface area contributed by atoms with Crippen LogP contribution in [-0.2, 0) is 9.59 Å². The Morgan fingerprint density at radius 1 is 1.05 bits per heavy atom. The van der Waals surface area contributed by atoms with Crippen LogP contribution in [0.5, 0.6) is 11.5 Å². The molecular weight excluding hydrogens is 526 g/mol. The molecular formula is C27H24ClN5O4S. The van der Waals surface area contributed by atoms with E-state index in [9.17, 15) is 9.59 Å². The molecule has 0 unspecified atom stereocenters. The van der Waals surface area contributed by atoms with Crippen LogP contribution in [0.15, 0.2) is 77.0 Å². The second-order valence-electron chi connectivity index (χ2n) is 8.07. The zero-order valence-electron chi connectivity index (χ0n) is 20.8. The summed E-state index contributed by atoms with van der Waals surface area (Å²) in [7, 11) is 1.47. The molecule has 4 rings (SSSR count). The van der Waals surface area contributed by atoms with Gasteiger partial charge in [-0.2, -0.15) is 5.10 Å². The zero-order valence-corrected chi connectivity index (χ0v) is 22.4. The topological polar surface area (TPSA) is 108 Å². The summed E-state index contributed by atoms with van der Waals surface area (Å²) < 4.78 is 12.2. The molecule has 0 bridgehead atoms. The van der Waals surface area contributed by atoms with Crippen molar-refractivity contribution < 1.29 is 19.1 Å². The molecule has 0 aliphatic heterocycles. The van der Waals surface area contributed by atoms with Crippen molar-refractivity contribution in [1.29, 1.82) is 0 Å². The highest BCUT2D eigenvalue weighted by atomic mass is 35.5. The number of benzene rings is 3. The SMILES string of the molecule is COc1cc(/C=N/NC(=O)CSc2nnc(-c3ccc(C)cc3)n2-c2ccc(Cl)cc2)ccc1OC(C)=O.